The predicted octanol–water partition coefficient (Wildman–Crippen LogP) is 3.52. The number of aromatic nitrogens is 2. The maximum atomic E-state index is 6.25. The van der Waals surface area contributed by atoms with Gasteiger partial charge in [0, 0.05) is 23.0 Å². The number of nitrogens with two attached hydrogens (primary N) is 1. The van der Waals surface area contributed by atoms with Gasteiger partial charge in [0.1, 0.15) is 0 Å². The van der Waals surface area contributed by atoms with Gasteiger partial charge in [-0.3, -0.25) is 10.1 Å². The molecule has 2 aromatic carbocycles. The average molecular weight is 386 g/mol. The van der Waals surface area contributed by atoms with Crippen LogP contribution < -0.4 is 11.1 Å². The third-order valence-electron chi connectivity index (χ3n) is 4.42. The molecule has 4 N–H and O–H groups in total. The van der Waals surface area contributed by atoms with E-state index in [1.54, 1.807) is 11.8 Å². The number of amidine groups is 1. The molecule has 0 saturated heterocycles. The number of hydrogen-bond acceptors (Lipinski definition) is 5. The molecule has 0 saturated carbocycles. The fourth-order valence-corrected chi connectivity index (χ4v) is 4.16. The maximum absolute atomic E-state index is 6.25. The van der Waals surface area contributed by atoms with Crippen LogP contribution >= 0.6 is 23.4 Å². The minimum Gasteiger partial charge on any atom is -0.363 e. The SMILES string of the molecule is N[C@H](CNC1=NCC(c2ccc3[nH]ncc3c2)S1)Cc1ccc(Cl)cc1. The number of fused-ring (bicyclic) bond motifs is 1. The fraction of sp³-hybridized carbons (Fsp3) is 0.263. The van der Waals surface area contributed by atoms with Crippen molar-refractivity contribution in [2.45, 2.75) is 17.7 Å². The summed E-state index contributed by atoms with van der Waals surface area (Å²) in [5, 5.41) is 13.6. The first kappa shape index (κ1) is 17.4. The molecular weight excluding hydrogens is 366 g/mol. The Hall–Kier alpha value is -2.02. The zero-order valence-electron chi connectivity index (χ0n) is 14.2. The molecular formula is C19H20ClN5S. The van der Waals surface area contributed by atoms with E-state index in [4.69, 9.17) is 17.3 Å². The first-order valence-electron chi connectivity index (χ1n) is 8.55. The number of H-pyrrole nitrogens is 1. The van der Waals surface area contributed by atoms with Crippen molar-refractivity contribution in [3.05, 3.63) is 64.8 Å². The molecule has 4 rings (SSSR count). The highest BCUT2D eigenvalue weighted by atomic mass is 35.5. The van der Waals surface area contributed by atoms with E-state index in [0.29, 0.717) is 11.8 Å². The van der Waals surface area contributed by atoms with E-state index < -0.39 is 0 Å². The number of aliphatic imine (C=N–C) groups is 1. The van der Waals surface area contributed by atoms with Gasteiger partial charge in [0.05, 0.1) is 23.5 Å². The Morgan fingerprint density at radius 1 is 1.27 bits per heavy atom. The summed E-state index contributed by atoms with van der Waals surface area (Å²) in [5.41, 5.74) is 9.77. The number of hydrogen-bond donors (Lipinski definition) is 3. The Labute approximate surface area is 161 Å². The minimum absolute atomic E-state index is 0.0285. The Balaban J connectivity index is 1.29. The molecule has 0 fully saturated rings. The van der Waals surface area contributed by atoms with Crippen molar-refractivity contribution in [1.82, 2.24) is 15.5 Å². The highest BCUT2D eigenvalue weighted by Gasteiger charge is 2.22. The summed E-state index contributed by atoms with van der Waals surface area (Å²) in [6.07, 6.45) is 2.66. The van der Waals surface area contributed by atoms with E-state index in [1.807, 2.05) is 30.5 Å². The molecule has 26 heavy (non-hydrogen) atoms. The van der Waals surface area contributed by atoms with Crippen molar-refractivity contribution < 1.29 is 0 Å². The molecule has 0 bridgehead atoms. The van der Waals surface area contributed by atoms with Gasteiger partial charge in [-0.25, -0.2) is 0 Å². The highest BCUT2D eigenvalue weighted by molar-refractivity contribution is 8.14. The van der Waals surface area contributed by atoms with Gasteiger partial charge >= 0.3 is 0 Å². The fourth-order valence-electron chi connectivity index (χ4n) is 3.02. The number of nitrogens with one attached hydrogen (secondary N) is 2. The van der Waals surface area contributed by atoms with E-state index in [1.165, 1.54) is 11.1 Å². The normalized spacial score (nSPS) is 18.1. The number of aromatic amines is 1. The number of benzene rings is 2. The van der Waals surface area contributed by atoms with Crippen molar-refractivity contribution >= 4 is 39.4 Å². The van der Waals surface area contributed by atoms with Gasteiger partial charge in [-0.05, 0) is 41.8 Å². The molecule has 1 aliphatic heterocycles. The zero-order chi connectivity index (χ0) is 17.9. The summed E-state index contributed by atoms with van der Waals surface area (Å²) in [6, 6.07) is 14.3. The highest BCUT2D eigenvalue weighted by Crippen LogP contribution is 2.35. The molecule has 7 heteroatoms. The number of thioether (sulfide) groups is 1. The van der Waals surface area contributed by atoms with Crippen LogP contribution in [-0.4, -0.2) is 34.5 Å². The summed E-state index contributed by atoms with van der Waals surface area (Å²) in [4.78, 5) is 4.62. The van der Waals surface area contributed by atoms with Crippen LogP contribution in [0.25, 0.3) is 10.9 Å². The molecule has 0 amide bonds. The van der Waals surface area contributed by atoms with Crippen molar-refractivity contribution in [2.24, 2.45) is 10.7 Å². The Bertz CT molecular complexity index is 921. The summed E-state index contributed by atoms with van der Waals surface area (Å²) < 4.78 is 0. The van der Waals surface area contributed by atoms with Gasteiger partial charge in [0.25, 0.3) is 0 Å². The molecule has 3 aromatic rings. The molecule has 1 aromatic heterocycles. The smallest absolute Gasteiger partial charge is 0.157 e. The number of nitrogens with zero attached hydrogens (tertiary/aromatic N) is 2. The quantitative estimate of drug-likeness (QED) is 0.627. The predicted molar refractivity (Wildman–Crippen MR) is 110 cm³/mol. The lowest BCUT2D eigenvalue weighted by Gasteiger charge is -2.14. The summed E-state index contributed by atoms with van der Waals surface area (Å²) in [7, 11) is 0. The minimum atomic E-state index is 0.0285. The second kappa shape index (κ2) is 7.70. The molecule has 0 spiro atoms. The van der Waals surface area contributed by atoms with Crippen LogP contribution in [0.4, 0.5) is 0 Å². The molecule has 2 atom stereocenters. The van der Waals surface area contributed by atoms with Crippen LogP contribution in [0.1, 0.15) is 16.4 Å². The Kier molecular flexibility index (Phi) is 5.15. The Morgan fingerprint density at radius 3 is 2.96 bits per heavy atom. The van der Waals surface area contributed by atoms with E-state index in [2.05, 4.69) is 38.7 Å². The number of halogens is 1. The van der Waals surface area contributed by atoms with Crippen molar-refractivity contribution in [3.8, 4) is 0 Å². The monoisotopic (exact) mass is 385 g/mol. The molecule has 0 radical (unpaired) electrons. The second-order valence-corrected chi connectivity index (χ2v) is 8.07. The molecule has 1 aliphatic rings. The van der Waals surface area contributed by atoms with Crippen molar-refractivity contribution in [3.63, 3.8) is 0 Å². The van der Waals surface area contributed by atoms with Gasteiger partial charge < -0.3 is 11.1 Å². The summed E-state index contributed by atoms with van der Waals surface area (Å²) in [5.74, 6) is 0. The molecule has 1 unspecified atom stereocenters. The van der Waals surface area contributed by atoms with Gasteiger partial charge in [0.2, 0.25) is 0 Å². The zero-order valence-corrected chi connectivity index (χ0v) is 15.7. The van der Waals surface area contributed by atoms with Gasteiger partial charge in [-0.2, -0.15) is 5.10 Å². The van der Waals surface area contributed by atoms with Crippen molar-refractivity contribution in [1.29, 1.82) is 0 Å². The van der Waals surface area contributed by atoms with Gasteiger partial charge in [0.15, 0.2) is 5.17 Å². The van der Waals surface area contributed by atoms with Gasteiger partial charge in [-0.15, -0.1) is 0 Å². The van der Waals surface area contributed by atoms with E-state index in [9.17, 15) is 0 Å². The molecule has 0 aliphatic carbocycles. The van der Waals surface area contributed by atoms with Crippen LogP contribution in [-0.2, 0) is 6.42 Å². The molecule has 5 nitrogen and oxygen atoms in total. The summed E-state index contributed by atoms with van der Waals surface area (Å²) >= 11 is 7.68. The third-order valence-corrected chi connectivity index (χ3v) is 5.87. The second-order valence-electron chi connectivity index (χ2n) is 6.44. The van der Waals surface area contributed by atoms with E-state index in [-0.39, 0.29) is 6.04 Å². The van der Waals surface area contributed by atoms with E-state index in [0.717, 1.165) is 34.1 Å². The lowest BCUT2D eigenvalue weighted by Crippen LogP contribution is -2.37. The average Bonchev–Trinajstić information content (AvgIpc) is 3.30. The van der Waals surface area contributed by atoms with Crippen LogP contribution in [0.3, 0.4) is 0 Å². The third kappa shape index (κ3) is 4.03. The van der Waals surface area contributed by atoms with Crippen LogP contribution in [0.15, 0.2) is 53.7 Å². The first-order valence-corrected chi connectivity index (χ1v) is 9.81. The first-order chi connectivity index (χ1) is 12.7. The van der Waals surface area contributed by atoms with Crippen LogP contribution in [0, 0.1) is 0 Å². The molecule has 134 valence electrons. The van der Waals surface area contributed by atoms with Gasteiger partial charge in [-0.1, -0.05) is 41.6 Å². The summed E-state index contributed by atoms with van der Waals surface area (Å²) in [6.45, 7) is 1.48. The Morgan fingerprint density at radius 2 is 2.12 bits per heavy atom. The van der Waals surface area contributed by atoms with Crippen LogP contribution in [0.2, 0.25) is 5.02 Å². The standard InChI is InChI=1S/C19H20ClN5S/c20-15-4-1-12(2-5-15)7-16(21)10-22-19-23-11-18(26-19)13-3-6-17-14(8-13)9-24-25-17/h1-6,8-9,16,18H,7,10-11,21H2,(H,22,23)(H,24,25)/t16-,18?/m0/s1. The largest absolute Gasteiger partial charge is 0.363 e. The lowest BCUT2D eigenvalue weighted by atomic mass is 10.1. The van der Waals surface area contributed by atoms with E-state index >= 15 is 0 Å². The van der Waals surface area contributed by atoms with Crippen LogP contribution in [0.5, 0.6) is 0 Å². The van der Waals surface area contributed by atoms with Crippen molar-refractivity contribution in [2.75, 3.05) is 13.1 Å². The lowest BCUT2D eigenvalue weighted by molar-refractivity contribution is 0.646. The maximum Gasteiger partial charge on any atom is 0.157 e. The number of rotatable bonds is 5. The molecule has 2 heterocycles. The topological polar surface area (TPSA) is 79.1 Å².